The van der Waals surface area contributed by atoms with Gasteiger partial charge in [-0.3, -0.25) is 14.4 Å². The third-order valence-corrected chi connectivity index (χ3v) is 4.93. The first-order valence-corrected chi connectivity index (χ1v) is 9.60. The summed E-state index contributed by atoms with van der Waals surface area (Å²) < 4.78 is 40.0. The van der Waals surface area contributed by atoms with Crippen LogP contribution in [0.25, 0.3) is 0 Å². The number of carbonyl (C=O) groups is 3. The number of benzene rings is 2. The van der Waals surface area contributed by atoms with E-state index < -0.39 is 41.2 Å². The van der Waals surface area contributed by atoms with Crippen molar-refractivity contribution in [3.63, 3.8) is 0 Å². The average molecular weight is 434 g/mol. The van der Waals surface area contributed by atoms with E-state index >= 15 is 0 Å². The van der Waals surface area contributed by atoms with E-state index in [-0.39, 0.29) is 43.9 Å². The Morgan fingerprint density at radius 1 is 0.935 bits per heavy atom. The van der Waals surface area contributed by atoms with Crippen LogP contribution >= 0.6 is 0 Å². The highest BCUT2D eigenvalue weighted by Crippen LogP contribution is 2.19. The van der Waals surface area contributed by atoms with Gasteiger partial charge in [-0.1, -0.05) is 0 Å². The molecule has 2 aromatic rings. The second-order valence-corrected chi connectivity index (χ2v) is 6.98. The normalized spacial score (nSPS) is 16.2. The number of hydrogen-bond donors (Lipinski definition) is 2. The summed E-state index contributed by atoms with van der Waals surface area (Å²) in [6.07, 6.45) is 0. The van der Waals surface area contributed by atoms with Gasteiger partial charge < -0.3 is 20.9 Å². The van der Waals surface area contributed by atoms with Crippen molar-refractivity contribution in [3.8, 4) is 0 Å². The Morgan fingerprint density at radius 3 is 2.26 bits per heavy atom. The molecule has 1 atom stereocenters. The quantitative estimate of drug-likeness (QED) is 0.738. The lowest BCUT2D eigenvalue weighted by Crippen LogP contribution is -2.61. The molecule has 0 radical (unpaired) electrons. The zero-order valence-electron chi connectivity index (χ0n) is 16.5. The number of carbonyl (C=O) groups excluding carboxylic acids is 3. The molecule has 0 aromatic heterocycles. The van der Waals surface area contributed by atoms with Crippen molar-refractivity contribution in [2.45, 2.75) is 6.04 Å². The lowest BCUT2D eigenvalue weighted by Gasteiger charge is -2.40. The molecule has 1 aliphatic heterocycles. The highest BCUT2D eigenvalue weighted by atomic mass is 19.2. The first-order valence-electron chi connectivity index (χ1n) is 9.60. The molecule has 1 unspecified atom stereocenters. The Balaban J connectivity index is 1.83. The second kappa shape index (κ2) is 9.61. The Kier molecular flexibility index (Phi) is 6.91. The fourth-order valence-electron chi connectivity index (χ4n) is 3.32. The van der Waals surface area contributed by atoms with Crippen molar-refractivity contribution in [1.82, 2.24) is 15.1 Å². The van der Waals surface area contributed by atoms with Crippen LogP contribution in [0, 0.1) is 17.5 Å². The second-order valence-electron chi connectivity index (χ2n) is 6.98. The molecule has 1 aliphatic rings. The van der Waals surface area contributed by atoms with E-state index in [4.69, 9.17) is 5.73 Å². The Bertz CT molecular complexity index is 984. The molecule has 1 fully saturated rings. The topological polar surface area (TPSA) is 95.7 Å². The van der Waals surface area contributed by atoms with Crippen molar-refractivity contribution in [2.24, 2.45) is 5.73 Å². The number of rotatable bonds is 5. The van der Waals surface area contributed by atoms with Gasteiger partial charge >= 0.3 is 0 Å². The van der Waals surface area contributed by atoms with Crippen LogP contribution in [0.3, 0.4) is 0 Å². The minimum atomic E-state index is -1.18. The summed E-state index contributed by atoms with van der Waals surface area (Å²) in [6, 6.07) is 6.64. The predicted molar refractivity (Wildman–Crippen MR) is 106 cm³/mol. The molecule has 3 rings (SSSR count). The smallest absolute Gasteiger partial charge is 0.254 e. The molecule has 3 amide bonds. The SMILES string of the molecule is NCCNC(=O)C1CN(C(=O)c2ccc(F)cc2)CCN1C(=O)c1ccc(F)c(F)c1. The lowest BCUT2D eigenvalue weighted by molar-refractivity contribution is -0.127. The number of nitrogens with two attached hydrogens (primary N) is 1. The van der Waals surface area contributed by atoms with Gasteiger partial charge in [0.05, 0.1) is 6.54 Å². The van der Waals surface area contributed by atoms with Gasteiger partial charge in [-0.2, -0.15) is 0 Å². The molecule has 2 aromatic carbocycles. The van der Waals surface area contributed by atoms with Crippen LogP contribution in [0.15, 0.2) is 42.5 Å². The molecule has 1 heterocycles. The van der Waals surface area contributed by atoms with Crippen molar-refractivity contribution < 1.29 is 27.6 Å². The maximum Gasteiger partial charge on any atom is 0.254 e. The van der Waals surface area contributed by atoms with Gasteiger partial charge in [0.1, 0.15) is 11.9 Å². The molecule has 0 bridgehead atoms. The van der Waals surface area contributed by atoms with Crippen LogP contribution < -0.4 is 11.1 Å². The summed E-state index contributed by atoms with van der Waals surface area (Å²) in [4.78, 5) is 41.0. The highest BCUT2D eigenvalue weighted by molar-refractivity contribution is 5.99. The van der Waals surface area contributed by atoms with Crippen molar-refractivity contribution >= 4 is 17.7 Å². The zero-order valence-corrected chi connectivity index (χ0v) is 16.5. The summed E-state index contributed by atoms with van der Waals surface area (Å²) in [5, 5.41) is 2.59. The van der Waals surface area contributed by atoms with E-state index in [2.05, 4.69) is 5.32 Å². The summed E-state index contributed by atoms with van der Waals surface area (Å²) in [7, 11) is 0. The Labute approximate surface area is 176 Å². The van der Waals surface area contributed by atoms with E-state index in [0.717, 1.165) is 30.3 Å². The number of halogens is 3. The Morgan fingerprint density at radius 2 is 1.61 bits per heavy atom. The third kappa shape index (κ3) is 5.02. The largest absolute Gasteiger partial charge is 0.353 e. The van der Waals surface area contributed by atoms with Gasteiger partial charge in [0.15, 0.2) is 11.6 Å². The molecule has 0 aliphatic carbocycles. The van der Waals surface area contributed by atoms with E-state index in [0.29, 0.717) is 0 Å². The van der Waals surface area contributed by atoms with Gasteiger partial charge in [-0.05, 0) is 42.5 Å². The molecule has 10 heteroatoms. The zero-order chi connectivity index (χ0) is 22.5. The van der Waals surface area contributed by atoms with E-state index in [1.165, 1.54) is 21.9 Å². The molecule has 0 saturated carbocycles. The molecule has 0 spiro atoms. The summed E-state index contributed by atoms with van der Waals surface area (Å²) in [5.74, 6) is -4.38. The number of nitrogens with zero attached hydrogens (tertiary/aromatic N) is 2. The number of hydrogen-bond acceptors (Lipinski definition) is 4. The summed E-state index contributed by atoms with van der Waals surface area (Å²) in [5.41, 5.74) is 5.54. The van der Waals surface area contributed by atoms with Crippen LogP contribution in [0.1, 0.15) is 20.7 Å². The first kappa shape index (κ1) is 22.3. The third-order valence-electron chi connectivity index (χ3n) is 4.93. The monoisotopic (exact) mass is 434 g/mol. The van der Waals surface area contributed by atoms with Crippen molar-refractivity contribution in [1.29, 1.82) is 0 Å². The molecule has 3 N–H and O–H groups in total. The fraction of sp³-hybridized carbons (Fsp3) is 0.286. The predicted octanol–water partition coefficient (Wildman–Crippen LogP) is 1.15. The minimum absolute atomic E-state index is 0.00846. The van der Waals surface area contributed by atoms with Gasteiger partial charge in [-0.25, -0.2) is 13.2 Å². The van der Waals surface area contributed by atoms with Gasteiger partial charge in [-0.15, -0.1) is 0 Å². The number of piperazine rings is 1. The van der Waals surface area contributed by atoms with Crippen molar-refractivity contribution in [2.75, 3.05) is 32.7 Å². The van der Waals surface area contributed by atoms with Crippen LogP contribution in [0.5, 0.6) is 0 Å². The molecular weight excluding hydrogens is 413 g/mol. The molecule has 31 heavy (non-hydrogen) atoms. The van der Waals surface area contributed by atoms with Crippen LogP contribution in [0.2, 0.25) is 0 Å². The minimum Gasteiger partial charge on any atom is -0.353 e. The molecular formula is C21H21F3N4O3. The van der Waals surface area contributed by atoms with E-state index in [9.17, 15) is 27.6 Å². The highest BCUT2D eigenvalue weighted by Gasteiger charge is 2.37. The van der Waals surface area contributed by atoms with Crippen LogP contribution in [0.4, 0.5) is 13.2 Å². The molecule has 1 saturated heterocycles. The fourth-order valence-corrected chi connectivity index (χ4v) is 3.32. The molecule has 7 nitrogen and oxygen atoms in total. The van der Waals surface area contributed by atoms with Gasteiger partial charge in [0.25, 0.3) is 11.8 Å². The van der Waals surface area contributed by atoms with Crippen molar-refractivity contribution in [3.05, 3.63) is 71.0 Å². The first-order chi connectivity index (χ1) is 14.8. The summed E-state index contributed by atoms with van der Waals surface area (Å²) >= 11 is 0. The number of amides is 3. The van der Waals surface area contributed by atoms with Gasteiger partial charge in [0.2, 0.25) is 5.91 Å². The lowest BCUT2D eigenvalue weighted by atomic mass is 10.1. The maximum absolute atomic E-state index is 13.6. The van der Waals surface area contributed by atoms with Gasteiger partial charge in [0, 0.05) is 37.3 Å². The molecule has 164 valence electrons. The number of nitrogens with one attached hydrogen (secondary N) is 1. The van der Waals surface area contributed by atoms with E-state index in [1.54, 1.807) is 0 Å². The maximum atomic E-state index is 13.6. The average Bonchev–Trinajstić information content (AvgIpc) is 2.78. The van der Waals surface area contributed by atoms with Crippen LogP contribution in [-0.2, 0) is 4.79 Å². The van der Waals surface area contributed by atoms with Crippen LogP contribution in [-0.4, -0.2) is 66.3 Å². The standard InChI is InChI=1S/C21H21F3N4O3/c22-15-4-1-13(2-5-15)20(30)27-9-10-28(18(12-27)19(29)26-8-7-25)21(31)14-3-6-16(23)17(24)11-14/h1-6,11,18H,7-10,12,25H2,(H,26,29). The summed E-state index contributed by atoms with van der Waals surface area (Å²) in [6.45, 7) is 0.308. The van der Waals surface area contributed by atoms with E-state index in [1.807, 2.05) is 0 Å². The Hall–Kier alpha value is -3.40.